The Morgan fingerprint density at radius 2 is 1.50 bits per heavy atom. The number of nitrogens with zero attached hydrogens (tertiary/aromatic N) is 2. The fraction of sp³-hybridized carbons (Fsp3) is 0.438. The van der Waals surface area contributed by atoms with Crippen LogP contribution < -0.4 is 0 Å². The van der Waals surface area contributed by atoms with Crippen LogP contribution in [0.3, 0.4) is 0 Å². The number of alkyl halides is 3. The summed E-state index contributed by atoms with van der Waals surface area (Å²) in [5, 5.41) is 0. The molecule has 2 saturated heterocycles. The molecular weight excluding hydrogens is 520 g/mol. The zero-order chi connectivity index (χ0) is 28.0. The number of hydrogen-bond acceptors (Lipinski definition) is 4. The predicted octanol–water partition coefficient (Wildman–Crippen LogP) is 6.68. The zero-order valence-corrected chi connectivity index (χ0v) is 22.5. The number of morpholine rings is 1. The maximum Gasteiger partial charge on any atom is 0.416 e. The van der Waals surface area contributed by atoms with Crippen LogP contribution in [0.25, 0.3) is 0 Å². The van der Waals surface area contributed by atoms with Crippen molar-refractivity contribution in [1.82, 2.24) is 9.80 Å². The summed E-state index contributed by atoms with van der Waals surface area (Å²) in [4.78, 5) is 4.91. The highest BCUT2D eigenvalue weighted by molar-refractivity contribution is 5.27. The molecule has 40 heavy (non-hydrogen) atoms. The smallest absolute Gasteiger partial charge is 0.350 e. The topological polar surface area (TPSA) is 24.9 Å². The minimum absolute atomic E-state index is 0.121. The van der Waals surface area contributed by atoms with Gasteiger partial charge in [-0.2, -0.15) is 13.2 Å². The van der Waals surface area contributed by atoms with Crippen LogP contribution >= 0.6 is 0 Å². The molecule has 2 aliphatic rings. The van der Waals surface area contributed by atoms with Gasteiger partial charge >= 0.3 is 6.18 Å². The third-order valence-electron chi connectivity index (χ3n) is 7.97. The zero-order valence-electron chi connectivity index (χ0n) is 22.5. The largest absolute Gasteiger partial charge is 0.416 e. The number of halogens is 4. The molecule has 0 radical (unpaired) electrons. The van der Waals surface area contributed by atoms with Crippen LogP contribution in [-0.2, 0) is 22.1 Å². The lowest BCUT2D eigenvalue weighted by Crippen LogP contribution is -2.49. The number of ether oxygens (including phenoxy) is 2. The van der Waals surface area contributed by atoms with Gasteiger partial charge in [0.2, 0.25) is 0 Å². The fourth-order valence-electron chi connectivity index (χ4n) is 5.83. The third-order valence-corrected chi connectivity index (χ3v) is 7.97. The maximum atomic E-state index is 13.8. The number of likely N-dealkylation sites (tertiary alicyclic amines) is 1. The van der Waals surface area contributed by atoms with Gasteiger partial charge in [-0.15, -0.1) is 0 Å². The van der Waals surface area contributed by atoms with E-state index in [0.717, 1.165) is 63.3 Å². The van der Waals surface area contributed by atoms with Crippen molar-refractivity contribution < 1.29 is 27.0 Å². The van der Waals surface area contributed by atoms with Gasteiger partial charge in [-0.3, -0.25) is 4.90 Å². The Hall–Kier alpha value is -2.78. The molecule has 2 aliphatic heterocycles. The summed E-state index contributed by atoms with van der Waals surface area (Å²) < 4.78 is 65.4. The second-order valence-corrected chi connectivity index (χ2v) is 10.6. The lowest BCUT2D eigenvalue weighted by molar-refractivity contribution is -0.211. The molecule has 2 atom stereocenters. The molecule has 3 aromatic rings. The number of benzene rings is 3. The Balaban J connectivity index is 1.19. The molecule has 0 unspecified atom stereocenters. The van der Waals surface area contributed by atoms with Crippen LogP contribution in [0, 0.1) is 5.82 Å². The first-order valence-electron chi connectivity index (χ1n) is 14.0. The summed E-state index contributed by atoms with van der Waals surface area (Å²) in [5.41, 5.74) is 1.75. The second-order valence-electron chi connectivity index (χ2n) is 10.6. The molecular formula is C32H36F4N2O2. The van der Waals surface area contributed by atoms with E-state index in [0.29, 0.717) is 18.6 Å². The van der Waals surface area contributed by atoms with Gasteiger partial charge in [-0.1, -0.05) is 60.7 Å². The Labute approximate surface area is 233 Å². The van der Waals surface area contributed by atoms with Crippen LogP contribution in [0.5, 0.6) is 0 Å². The van der Waals surface area contributed by atoms with Gasteiger partial charge in [0.05, 0.1) is 24.8 Å². The molecule has 0 saturated carbocycles. The molecule has 3 aromatic carbocycles. The van der Waals surface area contributed by atoms with Crippen molar-refractivity contribution in [3.05, 3.63) is 107 Å². The van der Waals surface area contributed by atoms with Crippen molar-refractivity contribution >= 4 is 0 Å². The highest BCUT2D eigenvalue weighted by Crippen LogP contribution is 2.33. The standard InChI is InChI=1S/C32H36F4N2O2/c33-29-22-24(21-28(23-29)32(34,35)36)13-19-39-31-30(27-9-5-2-6-10-27)38(18-20-40-31)17-16-37-14-11-26(12-15-37)25-7-3-1-4-8-25/h1-10,21-23,26,30-31H,11-20H2/t30-,31+/m0/s1. The van der Waals surface area contributed by atoms with Crippen molar-refractivity contribution in [1.29, 1.82) is 0 Å². The number of hydrogen-bond donors (Lipinski definition) is 0. The number of rotatable bonds is 9. The molecule has 0 aliphatic carbocycles. The first-order chi connectivity index (χ1) is 19.4. The average Bonchev–Trinajstić information content (AvgIpc) is 2.96. The van der Waals surface area contributed by atoms with Gasteiger partial charge < -0.3 is 14.4 Å². The highest BCUT2D eigenvalue weighted by atomic mass is 19.4. The van der Waals surface area contributed by atoms with Crippen LogP contribution in [-0.4, -0.2) is 62.0 Å². The third kappa shape index (κ3) is 7.49. The van der Waals surface area contributed by atoms with Gasteiger partial charge in [0.15, 0.2) is 6.29 Å². The molecule has 0 N–H and O–H groups in total. The molecule has 0 aromatic heterocycles. The van der Waals surface area contributed by atoms with Gasteiger partial charge in [-0.05, 0) is 73.2 Å². The van der Waals surface area contributed by atoms with E-state index in [9.17, 15) is 17.6 Å². The van der Waals surface area contributed by atoms with Crippen LogP contribution in [0.15, 0.2) is 78.9 Å². The fourth-order valence-corrected chi connectivity index (χ4v) is 5.83. The first-order valence-corrected chi connectivity index (χ1v) is 14.0. The van der Waals surface area contributed by atoms with Crippen molar-refractivity contribution in [2.45, 2.75) is 43.7 Å². The molecule has 214 valence electrons. The summed E-state index contributed by atoms with van der Waals surface area (Å²) in [6, 6.07) is 23.3. The van der Waals surface area contributed by atoms with Crippen LogP contribution in [0.4, 0.5) is 17.6 Å². The summed E-state index contributed by atoms with van der Waals surface area (Å²) in [6.07, 6.45) is -2.72. The van der Waals surface area contributed by atoms with E-state index >= 15 is 0 Å². The Morgan fingerprint density at radius 1 is 0.825 bits per heavy atom. The highest BCUT2D eigenvalue weighted by Gasteiger charge is 2.35. The van der Waals surface area contributed by atoms with Crippen LogP contribution in [0.1, 0.15) is 47.1 Å². The van der Waals surface area contributed by atoms with Crippen LogP contribution in [0.2, 0.25) is 0 Å². The van der Waals surface area contributed by atoms with E-state index < -0.39 is 23.8 Å². The lowest BCUT2D eigenvalue weighted by Gasteiger charge is -2.42. The van der Waals surface area contributed by atoms with E-state index in [-0.39, 0.29) is 24.6 Å². The summed E-state index contributed by atoms with van der Waals surface area (Å²) in [5.74, 6) is -0.291. The summed E-state index contributed by atoms with van der Waals surface area (Å²) in [7, 11) is 0. The molecule has 0 bridgehead atoms. The Morgan fingerprint density at radius 3 is 2.17 bits per heavy atom. The van der Waals surface area contributed by atoms with Crippen molar-refractivity contribution in [3.8, 4) is 0 Å². The minimum atomic E-state index is -4.60. The van der Waals surface area contributed by atoms with E-state index in [2.05, 4.69) is 52.3 Å². The number of piperidine rings is 1. The molecule has 0 amide bonds. The van der Waals surface area contributed by atoms with Gasteiger partial charge in [-0.25, -0.2) is 4.39 Å². The molecule has 5 rings (SSSR count). The van der Waals surface area contributed by atoms with E-state index in [1.165, 1.54) is 5.56 Å². The van der Waals surface area contributed by atoms with E-state index in [4.69, 9.17) is 9.47 Å². The SMILES string of the molecule is Fc1cc(CCO[C@@H]2OCCN(CCN3CCC(c4ccccc4)CC3)[C@H]2c2ccccc2)cc(C(F)(F)F)c1. The van der Waals surface area contributed by atoms with Gasteiger partial charge in [0.1, 0.15) is 5.82 Å². The first kappa shape index (κ1) is 28.7. The average molecular weight is 557 g/mol. The molecule has 8 heteroatoms. The maximum absolute atomic E-state index is 13.8. The van der Waals surface area contributed by atoms with Crippen molar-refractivity contribution in [2.24, 2.45) is 0 Å². The van der Waals surface area contributed by atoms with Crippen molar-refractivity contribution in [3.63, 3.8) is 0 Å². The quantitative estimate of drug-likeness (QED) is 0.275. The second kappa shape index (κ2) is 13.3. The molecule has 0 spiro atoms. The Kier molecular flexibility index (Phi) is 9.52. The lowest BCUT2D eigenvalue weighted by atomic mass is 9.89. The minimum Gasteiger partial charge on any atom is -0.350 e. The predicted molar refractivity (Wildman–Crippen MR) is 146 cm³/mol. The molecule has 2 heterocycles. The van der Waals surface area contributed by atoms with Gasteiger partial charge in [0.25, 0.3) is 0 Å². The molecule has 4 nitrogen and oxygen atoms in total. The summed E-state index contributed by atoms with van der Waals surface area (Å²) in [6.45, 7) is 5.32. The monoisotopic (exact) mass is 556 g/mol. The van der Waals surface area contributed by atoms with E-state index in [1.54, 1.807) is 0 Å². The van der Waals surface area contributed by atoms with Crippen molar-refractivity contribution in [2.75, 3.05) is 45.9 Å². The summed E-state index contributed by atoms with van der Waals surface area (Å²) >= 11 is 0. The van der Waals surface area contributed by atoms with Gasteiger partial charge in [0, 0.05) is 19.6 Å². The Bertz CT molecular complexity index is 1200. The molecule has 2 fully saturated rings. The normalized spacial score (nSPS) is 21.5. The van der Waals surface area contributed by atoms with E-state index in [1.807, 2.05) is 18.2 Å².